The molecule has 0 aliphatic carbocycles. The Kier molecular flexibility index (Phi) is 5.82. The topological polar surface area (TPSA) is 114 Å². The van der Waals surface area contributed by atoms with Gasteiger partial charge in [0, 0.05) is 6.54 Å². The molecular weight excluding hydrogens is 406 g/mol. The van der Waals surface area contributed by atoms with Gasteiger partial charge in [-0.15, -0.1) is 11.3 Å². The van der Waals surface area contributed by atoms with Gasteiger partial charge in [-0.25, -0.2) is 17.8 Å². The van der Waals surface area contributed by atoms with Crippen LogP contribution in [0.4, 0.5) is 5.82 Å². The molecule has 10 heteroatoms. The summed E-state index contributed by atoms with van der Waals surface area (Å²) in [6, 6.07) is 14.4. The molecule has 0 aliphatic rings. The monoisotopic (exact) mass is 421 g/mol. The Morgan fingerprint density at radius 1 is 1.26 bits per heavy atom. The first-order chi connectivity index (χ1) is 12.9. The zero-order chi connectivity index (χ0) is 19.4. The van der Waals surface area contributed by atoms with Crippen molar-refractivity contribution in [2.75, 3.05) is 12.3 Å². The predicted octanol–water partition coefficient (Wildman–Crippen LogP) is 2.95. The molecule has 0 saturated heterocycles. The molecule has 0 amide bonds. The van der Waals surface area contributed by atoms with Crippen LogP contribution in [0.3, 0.4) is 0 Å². The number of aromatic nitrogens is 2. The van der Waals surface area contributed by atoms with Gasteiger partial charge < -0.3 is 5.73 Å². The molecule has 0 saturated carbocycles. The minimum atomic E-state index is -3.59. The summed E-state index contributed by atoms with van der Waals surface area (Å²) in [6.45, 7) is 0.209. The molecule has 7 nitrogen and oxygen atoms in total. The molecule has 27 heavy (non-hydrogen) atoms. The van der Waals surface area contributed by atoms with Gasteiger partial charge in [-0.3, -0.25) is 0 Å². The largest absolute Gasteiger partial charge is 0.382 e. The lowest BCUT2D eigenvalue weighted by Crippen LogP contribution is -2.24. The summed E-state index contributed by atoms with van der Waals surface area (Å²) >= 11 is 6.78. The summed E-state index contributed by atoms with van der Waals surface area (Å²) in [7, 11) is -3.59. The van der Waals surface area contributed by atoms with Gasteiger partial charge in [0.2, 0.25) is 10.0 Å². The number of nitrogen functional groups attached to an aromatic ring is 1. The fraction of sp³-hybridized carbons (Fsp3) is 0.176. The van der Waals surface area contributed by atoms with Crippen molar-refractivity contribution in [2.45, 2.75) is 17.1 Å². The fourth-order valence-corrected chi connectivity index (χ4v) is 5.12. The van der Waals surface area contributed by atoms with Crippen LogP contribution < -0.4 is 10.5 Å². The summed E-state index contributed by atoms with van der Waals surface area (Å²) < 4.78 is 29.0. The molecule has 140 valence electrons. The maximum Gasteiger partial charge on any atom is 0.250 e. The highest BCUT2D eigenvalue weighted by Gasteiger charge is 2.18. The molecule has 1 aromatic carbocycles. The molecule has 0 radical (unpaired) electrons. The average molecular weight is 422 g/mol. The zero-order valence-corrected chi connectivity index (χ0v) is 16.5. The molecule has 0 fully saturated rings. The third-order valence-corrected chi connectivity index (χ3v) is 6.99. The van der Waals surface area contributed by atoms with Crippen LogP contribution in [0.25, 0.3) is 5.69 Å². The van der Waals surface area contributed by atoms with Crippen molar-refractivity contribution in [3.05, 3.63) is 58.1 Å². The van der Waals surface area contributed by atoms with Crippen molar-refractivity contribution < 1.29 is 8.42 Å². The summed E-state index contributed by atoms with van der Waals surface area (Å²) in [5, 5.41) is 13.8. The molecule has 0 atom stereocenters. The highest BCUT2D eigenvalue weighted by atomic mass is 35.5. The molecular formula is C17H16ClN5O2S2. The maximum atomic E-state index is 12.2. The van der Waals surface area contributed by atoms with E-state index in [1.807, 2.05) is 30.3 Å². The Labute approximate surface area is 166 Å². The third kappa shape index (κ3) is 4.31. The normalized spacial score (nSPS) is 11.4. The molecule has 3 rings (SSSR count). The molecule has 0 unspecified atom stereocenters. The van der Waals surface area contributed by atoms with E-state index < -0.39 is 10.0 Å². The molecule has 0 bridgehead atoms. The fourth-order valence-electron chi connectivity index (χ4n) is 2.52. The number of halogens is 1. The van der Waals surface area contributed by atoms with Crippen LogP contribution in [-0.4, -0.2) is 24.7 Å². The van der Waals surface area contributed by atoms with Crippen LogP contribution in [0.5, 0.6) is 0 Å². The number of nitriles is 1. The number of aryl methyl sites for hydroxylation is 1. The van der Waals surface area contributed by atoms with E-state index in [1.165, 1.54) is 10.7 Å². The Balaban J connectivity index is 1.67. The van der Waals surface area contributed by atoms with Gasteiger partial charge in [0.25, 0.3) is 0 Å². The van der Waals surface area contributed by atoms with Gasteiger partial charge in [-0.05, 0) is 37.1 Å². The van der Waals surface area contributed by atoms with E-state index in [1.54, 1.807) is 6.07 Å². The van der Waals surface area contributed by atoms with Crippen molar-refractivity contribution in [1.29, 1.82) is 5.26 Å². The second-order valence-electron chi connectivity index (χ2n) is 5.63. The number of thiophene rings is 1. The average Bonchev–Trinajstić information content (AvgIpc) is 3.23. The van der Waals surface area contributed by atoms with Crippen LogP contribution in [0.1, 0.15) is 17.7 Å². The first-order valence-corrected chi connectivity index (χ1v) is 10.7. The minimum Gasteiger partial charge on any atom is -0.382 e. The maximum absolute atomic E-state index is 12.2. The van der Waals surface area contributed by atoms with Gasteiger partial charge in [0.05, 0.1) is 15.7 Å². The number of nitrogens with two attached hydrogens (primary N) is 1. The molecule has 2 aromatic heterocycles. The van der Waals surface area contributed by atoms with E-state index in [0.29, 0.717) is 28.4 Å². The van der Waals surface area contributed by atoms with Crippen molar-refractivity contribution in [1.82, 2.24) is 14.5 Å². The van der Waals surface area contributed by atoms with Gasteiger partial charge in [0.15, 0.2) is 0 Å². The number of sulfonamides is 1. The van der Waals surface area contributed by atoms with E-state index >= 15 is 0 Å². The summed E-state index contributed by atoms with van der Waals surface area (Å²) in [4.78, 5) is 0. The summed E-state index contributed by atoms with van der Waals surface area (Å²) in [5.74, 6) is 0.271. The lowest BCUT2D eigenvalue weighted by Gasteiger charge is -2.04. The Morgan fingerprint density at radius 3 is 2.63 bits per heavy atom. The van der Waals surface area contributed by atoms with Gasteiger partial charge in [-0.1, -0.05) is 29.8 Å². The number of nitrogens with one attached hydrogen (secondary N) is 1. The molecule has 3 aromatic rings. The first kappa shape index (κ1) is 19.4. The van der Waals surface area contributed by atoms with Gasteiger partial charge in [-0.2, -0.15) is 10.4 Å². The molecule has 0 aliphatic heterocycles. The molecule has 3 N–H and O–H groups in total. The molecule has 0 spiro atoms. The second kappa shape index (κ2) is 8.10. The third-order valence-electron chi connectivity index (χ3n) is 3.80. The number of anilines is 1. The SMILES string of the molecule is N#Cc1c(CCCNS(=O)(=O)c2ccc(Cl)s2)nn(-c2ccccc2)c1N. The van der Waals surface area contributed by atoms with E-state index in [9.17, 15) is 13.7 Å². The number of hydrogen-bond acceptors (Lipinski definition) is 6. The van der Waals surface area contributed by atoms with E-state index in [-0.39, 0.29) is 16.6 Å². The first-order valence-electron chi connectivity index (χ1n) is 8.00. The number of para-hydroxylation sites is 1. The van der Waals surface area contributed by atoms with Crippen molar-refractivity contribution in [2.24, 2.45) is 0 Å². The molecule has 2 heterocycles. The smallest absolute Gasteiger partial charge is 0.250 e. The van der Waals surface area contributed by atoms with Crippen molar-refractivity contribution in [3.8, 4) is 11.8 Å². The van der Waals surface area contributed by atoms with Crippen molar-refractivity contribution in [3.63, 3.8) is 0 Å². The number of hydrogen-bond donors (Lipinski definition) is 2. The zero-order valence-electron chi connectivity index (χ0n) is 14.1. The van der Waals surface area contributed by atoms with Crippen LogP contribution in [-0.2, 0) is 16.4 Å². The summed E-state index contributed by atoms with van der Waals surface area (Å²) in [6.07, 6.45) is 0.888. The van der Waals surface area contributed by atoms with E-state index in [4.69, 9.17) is 17.3 Å². The Morgan fingerprint density at radius 2 is 2.00 bits per heavy atom. The number of benzene rings is 1. The van der Waals surface area contributed by atoms with E-state index in [2.05, 4.69) is 15.9 Å². The highest BCUT2D eigenvalue weighted by molar-refractivity contribution is 7.91. The van der Waals surface area contributed by atoms with Crippen LogP contribution in [0.2, 0.25) is 4.34 Å². The summed E-state index contributed by atoms with van der Waals surface area (Å²) in [5.41, 5.74) is 7.66. The van der Waals surface area contributed by atoms with Gasteiger partial charge in [0.1, 0.15) is 21.7 Å². The quantitative estimate of drug-likeness (QED) is 0.569. The second-order valence-corrected chi connectivity index (χ2v) is 9.33. The number of rotatable bonds is 7. The van der Waals surface area contributed by atoms with Crippen molar-refractivity contribution >= 4 is 38.8 Å². The lowest BCUT2D eigenvalue weighted by atomic mass is 10.1. The van der Waals surface area contributed by atoms with Crippen LogP contribution in [0.15, 0.2) is 46.7 Å². The van der Waals surface area contributed by atoms with Crippen LogP contribution in [0, 0.1) is 11.3 Å². The van der Waals surface area contributed by atoms with Gasteiger partial charge >= 0.3 is 0 Å². The predicted molar refractivity (Wildman–Crippen MR) is 106 cm³/mol. The standard InChI is InChI=1S/C17H16ClN5O2S2/c18-15-8-9-16(26-15)27(24,25)21-10-4-7-14-13(11-19)17(20)23(22-14)12-5-2-1-3-6-12/h1-3,5-6,8-9,21H,4,7,10,20H2. The Bertz CT molecular complexity index is 1080. The van der Waals surface area contributed by atoms with E-state index in [0.717, 1.165) is 17.0 Å². The highest BCUT2D eigenvalue weighted by Crippen LogP contribution is 2.25. The lowest BCUT2D eigenvalue weighted by molar-refractivity contribution is 0.580. The Hall–Kier alpha value is -2.38. The minimum absolute atomic E-state index is 0.169. The number of nitrogens with zero attached hydrogens (tertiary/aromatic N) is 3. The van der Waals surface area contributed by atoms with Crippen LogP contribution >= 0.6 is 22.9 Å².